The highest BCUT2D eigenvalue weighted by Crippen LogP contribution is 2.20. The van der Waals surface area contributed by atoms with Crippen LogP contribution in [0.25, 0.3) is 11.4 Å². The number of aromatic nitrogens is 5. The summed E-state index contributed by atoms with van der Waals surface area (Å²) in [5.74, 6) is -0.578. The zero-order chi connectivity index (χ0) is 13.4. The Labute approximate surface area is 108 Å². The fourth-order valence-electron chi connectivity index (χ4n) is 2.11. The molecule has 8 nitrogen and oxygen atoms in total. The van der Waals surface area contributed by atoms with Gasteiger partial charge in [0.05, 0.1) is 11.9 Å². The Balaban J connectivity index is 1.88. The summed E-state index contributed by atoms with van der Waals surface area (Å²) in [6.07, 6.45) is 4.12. The van der Waals surface area contributed by atoms with Gasteiger partial charge >= 0.3 is 0 Å². The number of carbonyl (C=O) groups excluding carboxylic acids is 2. The topological polar surface area (TPSA) is 94.7 Å². The van der Waals surface area contributed by atoms with Gasteiger partial charge in [0.15, 0.2) is 0 Å². The maximum absolute atomic E-state index is 11.7. The maximum atomic E-state index is 11.7. The predicted octanol–water partition coefficient (Wildman–Crippen LogP) is -0.344. The molecular formula is C11H12N6O2. The molecule has 0 saturated carbocycles. The summed E-state index contributed by atoms with van der Waals surface area (Å²) in [7, 11) is 1.81. The molecule has 1 unspecified atom stereocenters. The number of amides is 2. The average molecular weight is 260 g/mol. The molecule has 2 amide bonds. The van der Waals surface area contributed by atoms with Crippen LogP contribution in [-0.2, 0) is 16.6 Å². The number of aryl methyl sites for hydroxylation is 1. The van der Waals surface area contributed by atoms with Crippen LogP contribution in [0.3, 0.4) is 0 Å². The SMILES string of the molecule is Cn1nccc1-c1cn(C2CCC(=O)NC2=O)nn1. The summed E-state index contributed by atoms with van der Waals surface area (Å²) in [5.41, 5.74) is 1.46. The molecule has 1 aliphatic heterocycles. The van der Waals surface area contributed by atoms with Crippen LogP contribution in [0.1, 0.15) is 18.9 Å². The quantitative estimate of drug-likeness (QED) is 0.745. The van der Waals surface area contributed by atoms with E-state index < -0.39 is 6.04 Å². The summed E-state index contributed by atoms with van der Waals surface area (Å²) in [6, 6.07) is 1.34. The van der Waals surface area contributed by atoms with Gasteiger partial charge in [0, 0.05) is 19.7 Å². The molecule has 0 spiro atoms. The van der Waals surface area contributed by atoms with E-state index in [1.807, 2.05) is 6.07 Å². The van der Waals surface area contributed by atoms with Crippen LogP contribution in [0, 0.1) is 0 Å². The first-order chi connectivity index (χ1) is 9.15. The van der Waals surface area contributed by atoms with Crippen LogP contribution < -0.4 is 5.32 Å². The van der Waals surface area contributed by atoms with Gasteiger partial charge in [-0.15, -0.1) is 5.10 Å². The van der Waals surface area contributed by atoms with Crippen molar-refractivity contribution in [2.24, 2.45) is 7.05 Å². The molecule has 2 aromatic rings. The number of carbonyl (C=O) groups is 2. The van der Waals surface area contributed by atoms with E-state index in [0.717, 1.165) is 5.69 Å². The molecule has 0 radical (unpaired) electrons. The zero-order valence-corrected chi connectivity index (χ0v) is 10.3. The third kappa shape index (κ3) is 2.01. The summed E-state index contributed by atoms with van der Waals surface area (Å²) in [6.45, 7) is 0. The predicted molar refractivity (Wildman–Crippen MR) is 63.6 cm³/mol. The van der Waals surface area contributed by atoms with Crippen molar-refractivity contribution in [3.8, 4) is 11.4 Å². The highest BCUT2D eigenvalue weighted by atomic mass is 16.2. The second-order valence-corrected chi connectivity index (χ2v) is 4.39. The van der Waals surface area contributed by atoms with E-state index in [9.17, 15) is 9.59 Å². The number of imide groups is 1. The second-order valence-electron chi connectivity index (χ2n) is 4.39. The Bertz CT molecular complexity index is 643. The lowest BCUT2D eigenvalue weighted by Crippen LogP contribution is -2.41. The minimum atomic E-state index is -0.479. The van der Waals surface area contributed by atoms with Gasteiger partial charge in [-0.3, -0.25) is 19.6 Å². The van der Waals surface area contributed by atoms with Gasteiger partial charge in [0.25, 0.3) is 5.91 Å². The first-order valence-electron chi connectivity index (χ1n) is 5.89. The summed E-state index contributed by atoms with van der Waals surface area (Å²) in [5, 5.41) is 14.4. The molecule has 98 valence electrons. The molecule has 1 saturated heterocycles. The standard InChI is InChI=1S/C11H12N6O2/c1-16-8(4-5-12-16)7-6-17(15-14-7)9-2-3-10(18)13-11(9)19/h4-6,9H,2-3H2,1H3,(H,13,18,19). The Hall–Kier alpha value is -2.51. The molecular weight excluding hydrogens is 248 g/mol. The highest BCUT2D eigenvalue weighted by molar-refractivity contribution is 5.99. The van der Waals surface area contributed by atoms with Gasteiger partial charge < -0.3 is 0 Å². The largest absolute Gasteiger partial charge is 0.295 e. The average Bonchev–Trinajstić information content (AvgIpc) is 2.97. The van der Waals surface area contributed by atoms with Crippen molar-refractivity contribution in [2.45, 2.75) is 18.9 Å². The van der Waals surface area contributed by atoms with Gasteiger partial charge in [-0.1, -0.05) is 5.21 Å². The molecule has 1 aliphatic rings. The van der Waals surface area contributed by atoms with Crippen LogP contribution in [0.4, 0.5) is 0 Å². The van der Waals surface area contributed by atoms with E-state index in [1.165, 1.54) is 4.68 Å². The van der Waals surface area contributed by atoms with E-state index in [2.05, 4.69) is 20.7 Å². The number of hydrogen-bond donors (Lipinski definition) is 1. The molecule has 1 fully saturated rings. The van der Waals surface area contributed by atoms with Crippen molar-refractivity contribution >= 4 is 11.8 Å². The Morgan fingerprint density at radius 3 is 2.95 bits per heavy atom. The molecule has 3 rings (SSSR count). The van der Waals surface area contributed by atoms with Crippen molar-refractivity contribution in [3.05, 3.63) is 18.5 Å². The van der Waals surface area contributed by atoms with E-state index in [-0.39, 0.29) is 11.8 Å². The Morgan fingerprint density at radius 2 is 2.26 bits per heavy atom. The molecule has 0 aliphatic carbocycles. The lowest BCUT2D eigenvalue weighted by molar-refractivity contribution is -0.136. The van der Waals surface area contributed by atoms with E-state index >= 15 is 0 Å². The van der Waals surface area contributed by atoms with Crippen molar-refractivity contribution in [1.82, 2.24) is 30.1 Å². The van der Waals surface area contributed by atoms with Crippen LogP contribution in [0.15, 0.2) is 18.5 Å². The normalized spacial score (nSPS) is 19.5. The van der Waals surface area contributed by atoms with Crippen molar-refractivity contribution in [3.63, 3.8) is 0 Å². The van der Waals surface area contributed by atoms with Gasteiger partial charge in [-0.05, 0) is 12.5 Å². The molecule has 0 aromatic carbocycles. The lowest BCUT2D eigenvalue weighted by atomic mass is 10.1. The van der Waals surface area contributed by atoms with Crippen LogP contribution >= 0.6 is 0 Å². The zero-order valence-electron chi connectivity index (χ0n) is 10.3. The number of nitrogens with zero attached hydrogens (tertiary/aromatic N) is 5. The molecule has 2 aromatic heterocycles. The monoisotopic (exact) mass is 260 g/mol. The molecule has 0 bridgehead atoms. The van der Waals surface area contributed by atoms with Gasteiger partial charge in [-0.2, -0.15) is 5.10 Å². The first-order valence-corrected chi connectivity index (χ1v) is 5.89. The van der Waals surface area contributed by atoms with Gasteiger partial charge in [0.1, 0.15) is 11.7 Å². The summed E-state index contributed by atoms with van der Waals surface area (Å²) in [4.78, 5) is 22.8. The number of rotatable bonds is 2. The van der Waals surface area contributed by atoms with E-state index in [0.29, 0.717) is 18.5 Å². The second kappa shape index (κ2) is 4.30. The molecule has 8 heteroatoms. The number of piperidine rings is 1. The van der Waals surface area contributed by atoms with Gasteiger partial charge in [0.2, 0.25) is 5.91 Å². The van der Waals surface area contributed by atoms with Crippen LogP contribution in [-0.4, -0.2) is 36.6 Å². The first kappa shape index (κ1) is 11.6. The number of nitrogens with one attached hydrogen (secondary N) is 1. The van der Waals surface area contributed by atoms with E-state index in [1.54, 1.807) is 24.1 Å². The van der Waals surface area contributed by atoms with Crippen molar-refractivity contribution in [2.75, 3.05) is 0 Å². The third-order valence-electron chi connectivity index (χ3n) is 3.12. The molecule has 1 N–H and O–H groups in total. The van der Waals surface area contributed by atoms with Crippen molar-refractivity contribution in [1.29, 1.82) is 0 Å². The molecule has 19 heavy (non-hydrogen) atoms. The summed E-state index contributed by atoms with van der Waals surface area (Å²) < 4.78 is 3.17. The van der Waals surface area contributed by atoms with Crippen molar-refractivity contribution < 1.29 is 9.59 Å². The molecule has 3 heterocycles. The summed E-state index contributed by atoms with van der Waals surface area (Å²) >= 11 is 0. The third-order valence-corrected chi connectivity index (χ3v) is 3.12. The lowest BCUT2D eigenvalue weighted by Gasteiger charge is -2.20. The Kier molecular flexibility index (Phi) is 2.62. The van der Waals surface area contributed by atoms with Gasteiger partial charge in [-0.25, -0.2) is 4.68 Å². The minimum Gasteiger partial charge on any atom is -0.295 e. The highest BCUT2D eigenvalue weighted by Gasteiger charge is 2.29. The van der Waals surface area contributed by atoms with Crippen LogP contribution in [0.5, 0.6) is 0 Å². The van der Waals surface area contributed by atoms with Crippen LogP contribution in [0.2, 0.25) is 0 Å². The molecule has 1 atom stereocenters. The maximum Gasteiger partial charge on any atom is 0.251 e. The minimum absolute atomic E-state index is 0.242. The fraction of sp³-hybridized carbons (Fsp3) is 0.364. The Morgan fingerprint density at radius 1 is 1.42 bits per heavy atom. The smallest absolute Gasteiger partial charge is 0.251 e. The van der Waals surface area contributed by atoms with E-state index in [4.69, 9.17) is 0 Å². The fourth-order valence-corrected chi connectivity index (χ4v) is 2.11. The number of hydrogen-bond acceptors (Lipinski definition) is 5.